The van der Waals surface area contributed by atoms with E-state index in [0.717, 1.165) is 17.6 Å². The van der Waals surface area contributed by atoms with Crippen LogP contribution >= 0.6 is 12.6 Å². The van der Waals surface area contributed by atoms with Gasteiger partial charge in [0.15, 0.2) is 0 Å². The van der Waals surface area contributed by atoms with Gasteiger partial charge in [-0.1, -0.05) is 20.8 Å². The average Bonchev–Trinajstić information content (AvgIpc) is 2.91. The van der Waals surface area contributed by atoms with E-state index >= 15 is 0 Å². The summed E-state index contributed by atoms with van der Waals surface area (Å²) < 4.78 is 0. The van der Waals surface area contributed by atoms with E-state index in [9.17, 15) is 0 Å². The lowest BCUT2D eigenvalue weighted by atomic mass is 9.84. The van der Waals surface area contributed by atoms with Crippen molar-refractivity contribution in [2.45, 2.75) is 40.0 Å². The Labute approximate surface area is 101 Å². The van der Waals surface area contributed by atoms with Crippen LogP contribution < -0.4 is 0 Å². The Morgan fingerprint density at radius 1 is 1.33 bits per heavy atom. The van der Waals surface area contributed by atoms with Gasteiger partial charge in [0.05, 0.1) is 0 Å². The molecule has 15 heavy (non-hydrogen) atoms. The number of rotatable bonds is 7. The van der Waals surface area contributed by atoms with Crippen LogP contribution in [-0.2, 0) is 0 Å². The van der Waals surface area contributed by atoms with Gasteiger partial charge in [0.2, 0.25) is 0 Å². The fourth-order valence-corrected chi connectivity index (χ4v) is 2.99. The molecule has 0 N–H and O–H groups in total. The predicted octanol–water partition coefficient (Wildman–Crippen LogP) is 3.31. The average molecular weight is 229 g/mol. The Bertz CT molecular complexity index is 181. The van der Waals surface area contributed by atoms with Gasteiger partial charge >= 0.3 is 0 Å². The van der Waals surface area contributed by atoms with Gasteiger partial charge < -0.3 is 4.90 Å². The van der Waals surface area contributed by atoms with E-state index in [0.29, 0.717) is 5.41 Å². The van der Waals surface area contributed by atoms with Crippen LogP contribution in [-0.4, -0.2) is 30.8 Å². The van der Waals surface area contributed by atoms with Gasteiger partial charge in [-0.15, -0.1) is 0 Å². The highest BCUT2D eigenvalue weighted by Gasteiger charge is 2.34. The maximum Gasteiger partial charge on any atom is 0.00427 e. The Balaban J connectivity index is 2.36. The molecular weight excluding hydrogens is 202 g/mol. The van der Waals surface area contributed by atoms with Crippen molar-refractivity contribution < 1.29 is 0 Å². The van der Waals surface area contributed by atoms with Gasteiger partial charge in [0, 0.05) is 13.1 Å². The van der Waals surface area contributed by atoms with Gasteiger partial charge in [0.25, 0.3) is 0 Å². The molecule has 0 spiro atoms. The fraction of sp³-hybridized carbons (Fsp3) is 1.00. The zero-order chi connectivity index (χ0) is 11.5. The maximum atomic E-state index is 4.53. The summed E-state index contributed by atoms with van der Waals surface area (Å²) in [6.07, 6.45) is 3.94. The van der Waals surface area contributed by atoms with Crippen LogP contribution in [0, 0.1) is 17.3 Å². The van der Waals surface area contributed by atoms with Crippen LogP contribution in [0.25, 0.3) is 0 Å². The topological polar surface area (TPSA) is 3.24 Å². The van der Waals surface area contributed by atoms with Crippen molar-refractivity contribution in [3.05, 3.63) is 0 Å². The standard InChI is InChI=1S/C13H27NS/c1-5-13(6-2,10-15)9-14(4)8-12-7-11(12)3/h11-12,15H,5-10H2,1-4H3. The molecule has 0 aromatic carbocycles. The summed E-state index contributed by atoms with van der Waals surface area (Å²) in [4.78, 5) is 2.53. The lowest BCUT2D eigenvalue weighted by molar-refractivity contribution is 0.178. The highest BCUT2D eigenvalue weighted by Crippen LogP contribution is 2.38. The van der Waals surface area contributed by atoms with E-state index in [4.69, 9.17) is 0 Å². The van der Waals surface area contributed by atoms with E-state index < -0.39 is 0 Å². The summed E-state index contributed by atoms with van der Waals surface area (Å²) in [5, 5.41) is 0. The molecule has 1 aliphatic rings. The third kappa shape index (κ3) is 3.67. The second kappa shape index (κ2) is 5.58. The number of hydrogen-bond acceptors (Lipinski definition) is 2. The monoisotopic (exact) mass is 229 g/mol. The summed E-state index contributed by atoms with van der Waals surface area (Å²) in [6.45, 7) is 9.47. The lowest BCUT2D eigenvalue weighted by Crippen LogP contribution is -2.37. The molecule has 90 valence electrons. The van der Waals surface area contributed by atoms with Gasteiger partial charge in [0.1, 0.15) is 0 Å². The molecule has 2 unspecified atom stereocenters. The third-order valence-electron chi connectivity index (χ3n) is 4.26. The van der Waals surface area contributed by atoms with Gasteiger partial charge in [-0.25, -0.2) is 0 Å². The van der Waals surface area contributed by atoms with Crippen LogP contribution in [0.4, 0.5) is 0 Å². The first kappa shape index (κ1) is 13.4. The van der Waals surface area contributed by atoms with Gasteiger partial charge in [-0.2, -0.15) is 12.6 Å². The molecule has 1 rings (SSSR count). The molecule has 0 saturated heterocycles. The minimum Gasteiger partial charge on any atom is -0.306 e. The SMILES string of the molecule is CCC(CC)(CS)CN(C)CC1CC1C. The summed E-state index contributed by atoms with van der Waals surface area (Å²) in [6, 6.07) is 0. The molecule has 1 nitrogen and oxygen atoms in total. The smallest absolute Gasteiger partial charge is 0.00427 e. The van der Waals surface area contributed by atoms with Crippen LogP contribution in [0.15, 0.2) is 0 Å². The minimum atomic E-state index is 0.440. The zero-order valence-electron chi connectivity index (χ0n) is 10.8. The van der Waals surface area contributed by atoms with Crippen LogP contribution in [0.3, 0.4) is 0 Å². The van der Waals surface area contributed by atoms with Gasteiger partial charge in [-0.05, 0) is 49.3 Å². The molecule has 0 aliphatic heterocycles. The van der Waals surface area contributed by atoms with E-state index in [1.807, 2.05) is 0 Å². The molecule has 2 atom stereocenters. The quantitative estimate of drug-likeness (QED) is 0.656. The predicted molar refractivity (Wildman–Crippen MR) is 71.6 cm³/mol. The molecule has 0 bridgehead atoms. The summed E-state index contributed by atoms with van der Waals surface area (Å²) in [5.74, 6) is 2.97. The highest BCUT2D eigenvalue weighted by molar-refractivity contribution is 7.80. The second-order valence-corrected chi connectivity index (χ2v) is 5.85. The third-order valence-corrected chi connectivity index (χ3v) is 4.93. The van der Waals surface area contributed by atoms with E-state index in [2.05, 4.69) is 45.3 Å². The maximum absolute atomic E-state index is 4.53. The molecule has 0 aromatic heterocycles. The first-order valence-corrected chi connectivity index (χ1v) is 6.99. The summed E-state index contributed by atoms with van der Waals surface area (Å²) >= 11 is 4.53. The molecule has 1 saturated carbocycles. The van der Waals surface area contributed by atoms with Crippen molar-refractivity contribution in [3.63, 3.8) is 0 Å². The van der Waals surface area contributed by atoms with E-state index in [-0.39, 0.29) is 0 Å². The second-order valence-electron chi connectivity index (χ2n) is 5.54. The Morgan fingerprint density at radius 3 is 2.20 bits per heavy atom. The largest absolute Gasteiger partial charge is 0.306 e. The van der Waals surface area contributed by atoms with Crippen LogP contribution in [0.1, 0.15) is 40.0 Å². The van der Waals surface area contributed by atoms with Crippen molar-refractivity contribution >= 4 is 12.6 Å². The molecule has 0 heterocycles. The number of thiol groups is 1. The molecule has 0 radical (unpaired) electrons. The molecule has 1 fully saturated rings. The Kier molecular flexibility index (Phi) is 4.98. The number of nitrogens with zero attached hydrogens (tertiary/aromatic N) is 1. The van der Waals surface area contributed by atoms with Crippen molar-refractivity contribution in [2.75, 3.05) is 25.9 Å². The normalized spacial score (nSPS) is 26.0. The van der Waals surface area contributed by atoms with Crippen molar-refractivity contribution in [3.8, 4) is 0 Å². The van der Waals surface area contributed by atoms with Crippen LogP contribution in [0.2, 0.25) is 0 Å². The summed E-state index contributed by atoms with van der Waals surface area (Å²) in [7, 11) is 2.27. The molecule has 2 heteroatoms. The van der Waals surface area contributed by atoms with E-state index in [1.54, 1.807) is 0 Å². The fourth-order valence-electron chi connectivity index (χ4n) is 2.44. The molecule has 0 amide bonds. The van der Waals surface area contributed by atoms with Gasteiger partial charge in [-0.3, -0.25) is 0 Å². The lowest BCUT2D eigenvalue weighted by Gasteiger charge is -2.34. The Morgan fingerprint density at radius 2 is 1.87 bits per heavy atom. The first-order valence-electron chi connectivity index (χ1n) is 6.36. The highest BCUT2D eigenvalue weighted by atomic mass is 32.1. The minimum absolute atomic E-state index is 0.440. The zero-order valence-corrected chi connectivity index (χ0v) is 11.7. The van der Waals surface area contributed by atoms with E-state index in [1.165, 1.54) is 32.4 Å². The van der Waals surface area contributed by atoms with Crippen molar-refractivity contribution in [2.24, 2.45) is 17.3 Å². The molecular formula is C13H27NS. The summed E-state index contributed by atoms with van der Waals surface area (Å²) in [5.41, 5.74) is 0.440. The van der Waals surface area contributed by atoms with Crippen molar-refractivity contribution in [1.82, 2.24) is 4.90 Å². The van der Waals surface area contributed by atoms with Crippen molar-refractivity contribution in [1.29, 1.82) is 0 Å². The number of hydrogen-bond donors (Lipinski definition) is 1. The molecule has 1 aliphatic carbocycles. The van der Waals surface area contributed by atoms with Crippen LogP contribution in [0.5, 0.6) is 0 Å². The molecule has 0 aromatic rings. The first-order chi connectivity index (χ1) is 7.06. The Hall–Kier alpha value is 0.310.